The zero-order valence-corrected chi connectivity index (χ0v) is 11.2. The number of aromatic nitrogens is 1. The fourth-order valence-corrected chi connectivity index (χ4v) is 3.04. The molecule has 0 saturated carbocycles. The van der Waals surface area contributed by atoms with E-state index in [9.17, 15) is 0 Å². The summed E-state index contributed by atoms with van der Waals surface area (Å²) in [5.74, 6) is 0.784. The molecule has 1 aliphatic heterocycles. The molecule has 0 amide bonds. The Morgan fingerprint density at radius 3 is 2.88 bits per heavy atom. The standard InChI is InChI=1S/C12H21N3S/c1-9-5-4-6-15(8-9)11-14-7-10(16-11)12(2,3)13/h7,9H,4-6,8,13H2,1-3H3. The van der Waals surface area contributed by atoms with Crippen molar-refractivity contribution in [1.29, 1.82) is 0 Å². The van der Waals surface area contributed by atoms with Crippen LogP contribution in [0.1, 0.15) is 38.5 Å². The number of nitrogens with zero attached hydrogens (tertiary/aromatic N) is 2. The van der Waals surface area contributed by atoms with Crippen LogP contribution in [0.5, 0.6) is 0 Å². The minimum atomic E-state index is -0.267. The lowest BCUT2D eigenvalue weighted by Crippen LogP contribution is -2.34. The number of rotatable bonds is 2. The van der Waals surface area contributed by atoms with Gasteiger partial charge in [-0.2, -0.15) is 0 Å². The number of anilines is 1. The molecule has 0 spiro atoms. The molecule has 0 bridgehead atoms. The molecule has 4 heteroatoms. The van der Waals surface area contributed by atoms with Gasteiger partial charge in [-0.3, -0.25) is 0 Å². The molecule has 1 aliphatic rings. The normalized spacial score (nSPS) is 22.5. The van der Waals surface area contributed by atoms with Crippen molar-refractivity contribution in [3.05, 3.63) is 11.1 Å². The summed E-state index contributed by atoms with van der Waals surface area (Å²) in [6.07, 6.45) is 4.55. The lowest BCUT2D eigenvalue weighted by molar-refractivity contribution is 0.446. The van der Waals surface area contributed by atoms with E-state index >= 15 is 0 Å². The van der Waals surface area contributed by atoms with Gasteiger partial charge < -0.3 is 10.6 Å². The molecule has 1 aromatic heterocycles. The first-order valence-corrected chi connectivity index (χ1v) is 6.78. The summed E-state index contributed by atoms with van der Waals surface area (Å²) in [4.78, 5) is 8.07. The number of thiazole rings is 1. The molecule has 2 rings (SSSR count). The Hall–Kier alpha value is -0.610. The number of hydrogen-bond acceptors (Lipinski definition) is 4. The predicted octanol–water partition coefficient (Wildman–Crippen LogP) is 2.57. The van der Waals surface area contributed by atoms with E-state index in [-0.39, 0.29) is 5.54 Å². The topological polar surface area (TPSA) is 42.2 Å². The van der Waals surface area contributed by atoms with Crippen molar-refractivity contribution >= 4 is 16.5 Å². The highest BCUT2D eigenvalue weighted by Crippen LogP contribution is 2.31. The Bertz CT molecular complexity index is 353. The van der Waals surface area contributed by atoms with Crippen molar-refractivity contribution in [2.75, 3.05) is 18.0 Å². The fraction of sp³-hybridized carbons (Fsp3) is 0.750. The van der Waals surface area contributed by atoms with Crippen LogP contribution in [0.3, 0.4) is 0 Å². The number of piperidine rings is 1. The molecule has 3 nitrogen and oxygen atoms in total. The lowest BCUT2D eigenvalue weighted by atomic mass is 10.0. The smallest absolute Gasteiger partial charge is 0.185 e. The van der Waals surface area contributed by atoms with Crippen molar-refractivity contribution in [1.82, 2.24) is 4.98 Å². The highest BCUT2D eigenvalue weighted by atomic mass is 32.1. The van der Waals surface area contributed by atoms with E-state index in [4.69, 9.17) is 5.73 Å². The highest BCUT2D eigenvalue weighted by Gasteiger charge is 2.22. The van der Waals surface area contributed by atoms with Crippen LogP contribution in [0.4, 0.5) is 5.13 Å². The first-order chi connectivity index (χ1) is 7.47. The van der Waals surface area contributed by atoms with E-state index in [2.05, 4.69) is 16.8 Å². The van der Waals surface area contributed by atoms with Crippen LogP contribution in [0.15, 0.2) is 6.20 Å². The Morgan fingerprint density at radius 1 is 1.56 bits per heavy atom. The summed E-state index contributed by atoms with van der Waals surface area (Å²) in [7, 11) is 0. The van der Waals surface area contributed by atoms with Gasteiger partial charge in [0.1, 0.15) is 0 Å². The molecule has 1 unspecified atom stereocenters. The van der Waals surface area contributed by atoms with Crippen LogP contribution in [0.2, 0.25) is 0 Å². The first-order valence-electron chi connectivity index (χ1n) is 5.97. The summed E-state index contributed by atoms with van der Waals surface area (Å²) in [5, 5.41) is 1.14. The maximum Gasteiger partial charge on any atom is 0.185 e. The van der Waals surface area contributed by atoms with E-state index in [1.165, 1.54) is 17.7 Å². The van der Waals surface area contributed by atoms with Crippen molar-refractivity contribution in [3.8, 4) is 0 Å². The van der Waals surface area contributed by atoms with Gasteiger partial charge in [0.2, 0.25) is 0 Å². The van der Waals surface area contributed by atoms with E-state index in [1.54, 1.807) is 11.3 Å². The van der Waals surface area contributed by atoms with Gasteiger partial charge in [-0.25, -0.2) is 4.98 Å². The zero-order valence-electron chi connectivity index (χ0n) is 10.4. The molecule has 0 aliphatic carbocycles. The largest absolute Gasteiger partial charge is 0.348 e. The quantitative estimate of drug-likeness (QED) is 0.862. The molecular weight excluding hydrogens is 218 g/mol. The third-order valence-electron chi connectivity index (χ3n) is 3.06. The minimum Gasteiger partial charge on any atom is -0.348 e. The monoisotopic (exact) mass is 239 g/mol. The van der Waals surface area contributed by atoms with Gasteiger partial charge in [0.15, 0.2) is 5.13 Å². The second kappa shape index (κ2) is 4.34. The van der Waals surface area contributed by atoms with E-state index in [0.29, 0.717) is 0 Å². The predicted molar refractivity (Wildman–Crippen MR) is 69.9 cm³/mol. The first kappa shape index (κ1) is 11.9. The minimum absolute atomic E-state index is 0.267. The molecule has 16 heavy (non-hydrogen) atoms. The van der Waals surface area contributed by atoms with Crippen LogP contribution < -0.4 is 10.6 Å². The number of nitrogens with two attached hydrogens (primary N) is 1. The van der Waals surface area contributed by atoms with Crippen molar-refractivity contribution in [3.63, 3.8) is 0 Å². The van der Waals surface area contributed by atoms with Gasteiger partial charge in [0.25, 0.3) is 0 Å². The summed E-state index contributed by atoms with van der Waals surface area (Å²) in [6.45, 7) is 8.65. The molecule has 1 atom stereocenters. The average molecular weight is 239 g/mol. The second-order valence-electron chi connectivity index (χ2n) is 5.42. The molecular formula is C12H21N3S. The SMILES string of the molecule is CC1CCCN(c2ncc(C(C)(C)N)s2)C1. The van der Waals surface area contributed by atoms with Gasteiger partial charge in [0, 0.05) is 29.7 Å². The van der Waals surface area contributed by atoms with E-state index in [0.717, 1.165) is 24.1 Å². The summed E-state index contributed by atoms with van der Waals surface area (Å²) in [5.41, 5.74) is 5.81. The van der Waals surface area contributed by atoms with E-state index in [1.807, 2.05) is 20.0 Å². The van der Waals surface area contributed by atoms with Gasteiger partial charge in [0.05, 0.1) is 0 Å². The molecule has 1 fully saturated rings. The maximum atomic E-state index is 6.08. The van der Waals surface area contributed by atoms with Crippen LogP contribution in [0, 0.1) is 5.92 Å². The van der Waals surface area contributed by atoms with Crippen molar-refractivity contribution in [2.24, 2.45) is 11.7 Å². The number of hydrogen-bond donors (Lipinski definition) is 1. The van der Waals surface area contributed by atoms with Crippen molar-refractivity contribution in [2.45, 2.75) is 39.2 Å². The average Bonchev–Trinajstić information content (AvgIpc) is 2.65. The molecule has 1 saturated heterocycles. The fourth-order valence-electron chi connectivity index (χ4n) is 2.07. The van der Waals surface area contributed by atoms with Gasteiger partial charge in [-0.05, 0) is 32.6 Å². The Kier molecular flexibility index (Phi) is 3.22. The summed E-state index contributed by atoms with van der Waals surface area (Å²) >= 11 is 1.74. The van der Waals surface area contributed by atoms with Gasteiger partial charge in [-0.15, -0.1) is 11.3 Å². The molecule has 0 radical (unpaired) electrons. The van der Waals surface area contributed by atoms with Crippen LogP contribution in [-0.2, 0) is 5.54 Å². The Balaban J connectivity index is 2.12. The summed E-state index contributed by atoms with van der Waals surface area (Å²) < 4.78 is 0. The van der Waals surface area contributed by atoms with Crippen LogP contribution in [-0.4, -0.2) is 18.1 Å². The van der Waals surface area contributed by atoms with Crippen molar-refractivity contribution < 1.29 is 0 Å². The molecule has 2 N–H and O–H groups in total. The summed E-state index contributed by atoms with van der Waals surface area (Å²) in [6, 6.07) is 0. The Morgan fingerprint density at radius 2 is 2.31 bits per heavy atom. The van der Waals surface area contributed by atoms with Crippen LogP contribution >= 0.6 is 11.3 Å². The highest BCUT2D eigenvalue weighted by molar-refractivity contribution is 7.15. The molecule has 2 heterocycles. The Labute approximate surface area is 102 Å². The zero-order chi connectivity index (χ0) is 11.8. The maximum absolute atomic E-state index is 6.08. The third-order valence-corrected chi connectivity index (χ3v) is 4.45. The lowest BCUT2D eigenvalue weighted by Gasteiger charge is -2.30. The third kappa shape index (κ3) is 2.55. The molecule has 90 valence electrons. The van der Waals surface area contributed by atoms with Gasteiger partial charge >= 0.3 is 0 Å². The second-order valence-corrected chi connectivity index (χ2v) is 6.43. The van der Waals surface area contributed by atoms with Gasteiger partial charge in [-0.1, -0.05) is 6.92 Å². The molecule has 0 aromatic carbocycles. The van der Waals surface area contributed by atoms with Crippen LogP contribution in [0.25, 0.3) is 0 Å². The molecule has 1 aromatic rings. The van der Waals surface area contributed by atoms with E-state index < -0.39 is 0 Å².